The third-order valence-electron chi connectivity index (χ3n) is 4.11. The minimum absolute atomic E-state index is 0.108. The fraction of sp³-hybridized carbons (Fsp3) is 0.444. The number of fused-ring (bicyclic) bond motifs is 1. The highest BCUT2D eigenvalue weighted by molar-refractivity contribution is 5.95. The number of carbonyl (C=O) groups excluding carboxylic acids is 1. The van der Waals surface area contributed by atoms with E-state index in [4.69, 9.17) is 4.74 Å². The molecule has 2 aromatic rings. The maximum absolute atomic E-state index is 13.5. The Bertz CT molecular complexity index is 777. The van der Waals surface area contributed by atoms with E-state index in [9.17, 15) is 9.18 Å². The maximum atomic E-state index is 13.5. The van der Waals surface area contributed by atoms with Crippen LogP contribution in [0.25, 0.3) is 0 Å². The summed E-state index contributed by atoms with van der Waals surface area (Å²) in [5, 5.41) is 4.46. The zero-order chi connectivity index (χ0) is 17.5. The Morgan fingerprint density at radius 3 is 2.75 bits per heavy atom. The van der Waals surface area contributed by atoms with Gasteiger partial charge in [-0.2, -0.15) is 5.10 Å². The zero-order valence-corrected chi connectivity index (χ0v) is 14.5. The lowest BCUT2D eigenvalue weighted by atomic mass is 10.1. The van der Waals surface area contributed by atoms with Gasteiger partial charge in [0.25, 0.3) is 5.91 Å². The number of hydrogen-bond acceptors (Lipinski definition) is 3. The zero-order valence-electron chi connectivity index (χ0n) is 14.5. The van der Waals surface area contributed by atoms with Crippen LogP contribution >= 0.6 is 0 Å². The largest absolute Gasteiger partial charge is 0.491 e. The van der Waals surface area contributed by atoms with Gasteiger partial charge in [0.2, 0.25) is 0 Å². The lowest BCUT2D eigenvalue weighted by Gasteiger charge is -2.20. The molecule has 1 aromatic heterocycles. The number of ether oxygens (including phenoxy) is 1. The quantitative estimate of drug-likeness (QED) is 0.807. The highest BCUT2D eigenvalue weighted by Crippen LogP contribution is 2.25. The number of halogens is 1. The van der Waals surface area contributed by atoms with E-state index in [2.05, 4.69) is 5.10 Å². The number of aromatic nitrogens is 2. The van der Waals surface area contributed by atoms with E-state index >= 15 is 0 Å². The average Bonchev–Trinajstić information content (AvgIpc) is 2.77. The van der Waals surface area contributed by atoms with E-state index < -0.39 is 0 Å². The van der Waals surface area contributed by atoms with Crippen LogP contribution in [0, 0.1) is 12.7 Å². The molecule has 0 saturated carbocycles. The monoisotopic (exact) mass is 331 g/mol. The molecule has 128 valence electrons. The molecule has 6 heteroatoms. The molecule has 0 saturated heterocycles. The van der Waals surface area contributed by atoms with Crippen LogP contribution in [0.3, 0.4) is 0 Å². The predicted molar refractivity (Wildman–Crippen MR) is 88.6 cm³/mol. The van der Waals surface area contributed by atoms with Crippen LogP contribution in [0.15, 0.2) is 24.4 Å². The van der Waals surface area contributed by atoms with Gasteiger partial charge in [-0.3, -0.25) is 9.48 Å². The molecule has 5 nitrogen and oxygen atoms in total. The fourth-order valence-corrected chi connectivity index (χ4v) is 2.72. The van der Waals surface area contributed by atoms with Crippen LogP contribution in [0.5, 0.6) is 5.75 Å². The van der Waals surface area contributed by atoms with Crippen molar-refractivity contribution in [2.45, 2.75) is 39.8 Å². The summed E-state index contributed by atoms with van der Waals surface area (Å²) in [6, 6.07) is 4.40. The van der Waals surface area contributed by atoms with E-state index in [0.717, 1.165) is 0 Å². The van der Waals surface area contributed by atoms with Gasteiger partial charge in [0.05, 0.1) is 23.3 Å². The van der Waals surface area contributed by atoms with E-state index in [1.807, 2.05) is 27.7 Å². The van der Waals surface area contributed by atoms with Gasteiger partial charge in [-0.1, -0.05) is 0 Å². The summed E-state index contributed by atoms with van der Waals surface area (Å²) in [6.07, 6.45) is 1.79. The van der Waals surface area contributed by atoms with Crippen LogP contribution < -0.4 is 4.74 Å². The molecule has 1 aromatic carbocycles. The lowest BCUT2D eigenvalue weighted by molar-refractivity contribution is 0.0732. The first kappa shape index (κ1) is 16.5. The van der Waals surface area contributed by atoms with Crippen molar-refractivity contribution in [2.24, 2.45) is 0 Å². The van der Waals surface area contributed by atoms with Crippen LogP contribution in [0.4, 0.5) is 4.39 Å². The second kappa shape index (κ2) is 5.92. The number of hydrogen-bond donors (Lipinski definition) is 0. The number of rotatable bonds is 1. The Morgan fingerprint density at radius 2 is 2.08 bits per heavy atom. The van der Waals surface area contributed by atoms with Crippen molar-refractivity contribution in [2.75, 3.05) is 13.2 Å². The normalized spacial score (nSPS) is 14.8. The van der Waals surface area contributed by atoms with Crippen LogP contribution in [-0.4, -0.2) is 33.7 Å². The second-order valence-electron chi connectivity index (χ2n) is 7.07. The predicted octanol–water partition coefficient (Wildman–Crippen LogP) is 3.12. The molecule has 0 radical (unpaired) electrons. The Morgan fingerprint density at radius 1 is 1.33 bits per heavy atom. The summed E-state index contributed by atoms with van der Waals surface area (Å²) >= 11 is 0. The first-order valence-corrected chi connectivity index (χ1v) is 8.03. The third-order valence-corrected chi connectivity index (χ3v) is 4.11. The van der Waals surface area contributed by atoms with Crippen molar-refractivity contribution in [3.8, 4) is 5.75 Å². The molecule has 1 amide bonds. The molecule has 0 spiro atoms. The molecular weight excluding hydrogens is 309 g/mol. The van der Waals surface area contributed by atoms with Gasteiger partial charge in [-0.05, 0) is 45.9 Å². The van der Waals surface area contributed by atoms with Gasteiger partial charge in [-0.15, -0.1) is 0 Å². The van der Waals surface area contributed by atoms with Crippen LogP contribution in [0.1, 0.15) is 42.4 Å². The molecule has 0 fully saturated rings. The smallest absolute Gasteiger partial charge is 0.257 e. The summed E-state index contributed by atoms with van der Waals surface area (Å²) in [7, 11) is 0. The molecule has 0 N–H and O–H groups in total. The van der Waals surface area contributed by atoms with E-state index in [0.29, 0.717) is 42.3 Å². The van der Waals surface area contributed by atoms with Crippen molar-refractivity contribution < 1.29 is 13.9 Å². The minimum Gasteiger partial charge on any atom is -0.491 e. The van der Waals surface area contributed by atoms with Crippen molar-refractivity contribution in [3.05, 3.63) is 47.0 Å². The van der Waals surface area contributed by atoms with Gasteiger partial charge in [0, 0.05) is 18.3 Å². The van der Waals surface area contributed by atoms with Gasteiger partial charge in [-0.25, -0.2) is 4.39 Å². The third kappa shape index (κ3) is 3.13. The molecule has 2 heterocycles. The maximum Gasteiger partial charge on any atom is 0.257 e. The number of amides is 1. The number of nitrogens with zero attached hydrogens (tertiary/aromatic N) is 3. The summed E-state index contributed by atoms with van der Waals surface area (Å²) in [6.45, 7) is 9.10. The first-order chi connectivity index (χ1) is 11.3. The first-order valence-electron chi connectivity index (χ1n) is 8.03. The summed E-state index contributed by atoms with van der Waals surface area (Å²) in [5.41, 5.74) is 1.76. The molecule has 1 aliphatic rings. The topological polar surface area (TPSA) is 47.4 Å². The lowest BCUT2D eigenvalue weighted by Crippen LogP contribution is -2.32. The Hall–Kier alpha value is -2.37. The Labute approximate surface area is 141 Å². The molecule has 1 aliphatic heterocycles. The van der Waals surface area contributed by atoms with Crippen LogP contribution in [0.2, 0.25) is 0 Å². The van der Waals surface area contributed by atoms with Crippen LogP contribution in [-0.2, 0) is 12.1 Å². The molecular formula is C18H22FN3O2. The number of aryl methyl sites for hydroxylation is 1. The van der Waals surface area contributed by atoms with Gasteiger partial charge in [0.15, 0.2) is 0 Å². The Balaban J connectivity index is 1.89. The summed E-state index contributed by atoms with van der Waals surface area (Å²) < 4.78 is 20.9. The van der Waals surface area contributed by atoms with Crippen molar-refractivity contribution in [1.82, 2.24) is 14.7 Å². The van der Waals surface area contributed by atoms with Crippen molar-refractivity contribution >= 4 is 5.91 Å². The van der Waals surface area contributed by atoms with Gasteiger partial charge >= 0.3 is 0 Å². The van der Waals surface area contributed by atoms with E-state index in [1.54, 1.807) is 21.8 Å². The molecule has 0 atom stereocenters. The van der Waals surface area contributed by atoms with Gasteiger partial charge < -0.3 is 9.64 Å². The molecule has 0 bridgehead atoms. The second-order valence-corrected chi connectivity index (χ2v) is 7.07. The summed E-state index contributed by atoms with van der Waals surface area (Å²) in [5.74, 6) is 0.195. The highest BCUT2D eigenvalue weighted by Gasteiger charge is 2.26. The summed E-state index contributed by atoms with van der Waals surface area (Å²) in [4.78, 5) is 14.6. The number of benzene rings is 1. The fourth-order valence-electron chi connectivity index (χ4n) is 2.72. The number of carbonyl (C=O) groups is 1. The average molecular weight is 331 g/mol. The van der Waals surface area contributed by atoms with E-state index in [-0.39, 0.29) is 17.3 Å². The SMILES string of the molecule is Cc1nn(C(C)(C)C)cc1C(=O)N1CCOc2ccc(F)cc2C1. The molecule has 0 aliphatic carbocycles. The standard InChI is InChI=1S/C18H22FN3O2/c1-12-15(11-22(20-12)18(2,3)4)17(23)21-7-8-24-16-6-5-14(19)9-13(16)10-21/h5-6,9,11H,7-8,10H2,1-4H3. The highest BCUT2D eigenvalue weighted by atomic mass is 19.1. The Kier molecular flexibility index (Phi) is 4.07. The minimum atomic E-state index is -0.330. The van der Waals surface area contributed by atoms with Crippen molar-refractivity contribution in [1.29, 1.82) is 0 Å². The molecule has 3 rings (SSSR count). The molecule has 24 heavy (non-hydrogen) atoms. The van der Waals surface area contributed by atoms with Gasteiger partial charge in [0.1, 0.15) is 18.2 Å². The van der Waals surface area contributed by atoms with Crippen molar-refractivity contribution in [3.63, 3.8) is 0 Å². The van der Waals surface area contributed by atoms with E-state index in [1.165, 1.54) is 12.1 Å². The molecule has 0 unspecified atom stereocenters.